The summed E-state index contributed by atoms with van der Waals surface area (Å²) in [7, 11) is 0. The molecule has 0 spiro atoms. The molecule has 0 bridgehead atoms. The van der Waals surface area contributed by atoms with Gasteiger partial charge < -0.3 is 27.0 Å². The summed E-state index contributed by atoms with van der Waals surface area (Å²) >= 11 is 0. The molecule has 0 saturated carbocycles. The molecule has 0 unspecified atom stereocenters. The van der Waals surface area contributed by atoms with E-state index in [-0.39, 0.29) is 19.3 Å². The number of carboxylic acids is 2. The molecule has 0 aliphatic heterocycles. The Bertz CT molecular complexity index is 858. The average Bonchev–Trinajstić information content (AvgIpc) is 2.72. The molecule has 7 N–H and O–H groups in total. The molecule has 2 aromatic rings. The number of rotatable bonds is 10. The number of nitrogens with two attached hydrogens (primary N) is 2. The zero-order valence-electron chi connectivity index (χ0n) is 16.9. The van der Waals surface area contributed by atoms with Crippen LogP contribution in [0.2, 0.25) is 0 Å². The number of amides is 2. The Morgan fingerprint density at radius 3 is 1.81 bits per heavy atom. The number of hydrogen-bond donors (Lipinski definition) is 5. The van der Waals surface area contributed by atoms with Crippen LogP contribution in [0, 0.1) is 0 Å². The van der Waals surface area contributed by atoms with Gasteiger partial charge in [-0.2, -0.15) is 0 Å². The summed E-state index contributed by atoms with van der Waals surface area (Å²) in [5.41, 5.74) is 12.0. The molecule has 0 aromatic heterocycles. The van der Waals surface area contributed by atoms with Crippen molar-refractivity contribution < 1.29 is 29.4 Å². The highest BCUT2D eigenvalue weighted by Gasteiger charge is 2.20. The molecule has 0 radical (unpaired) electrons. The third-order valence-corrected chi connectivity index (χ3v) is 4.14. The quantitative estimate of drug-likeness (QED) is 0.370. The lowest BCUT2D eigenvalue weighted by Gasteiger charge is -2.13. The Balaban J connectivity index is 0.000000343. The summed E-state index contributed by atoms with van der Waals surface area (Å²) in [6.07, 6.45) is 0.394. The normalized spacial score (nSPS) is 11.9. The van der Waals surface area contributed by atoms with Crippen molar-refractivity contribution in [1.29, 1.82) is 0 Å². The van der Waals surface area contributed by atoms with Crippen molar-refractivity contribution >= 4 is 23.8 Å². The van der Waals surface area contributed by atoms with Crippen molar-refractivity contribution in [2.24, 2.45) is 11.5 Å². The standard InChI is InChI=1S/C13H16N2O4.C9H11NO2/c14-11(16)7-6-10(13(18)19)15-12(17)8-9-4-2-1-3-5-9;10-8(9(11)12)6-7-4-2-1-3-5-7/h1-5,10H,6-8H2,(H2,14,16)(H,15,17)(H,18,19);1-5,8H,6,10H2,(H,11,12)/t10-;8-/m00/s1. The van der Waals surface area contributed by atoms with Gasteiger partial charge in [0.2, 0.25) is 11.8 Å². The maximum Gasteiger partial charge on any atom is 0.326 e. The van der Waals surface area contributed by atoms with Gasteiger partial charge in [0.15, 0.2) is 0 Å². The van der Waals surface area contributed by atoms with Crippen LogP contribution in [-0.2, 0) is 32.0 Å². The van der Waals surface area contributed by atoms with E-state index in [1.807, 2.05) is 36.4 Å². The van der Waals surface area contributed by atoms with Gasteiger partial charge in [0, 0.05) is 6.42 Å². The molecule has 31 heavy (non-hydrogen) atoms. The number of hydrogen-bond acceptors (Lipinski definition) is 5. The molecule has 0 aliphatic carbocycles. The van der Waals surface area contributed by atoms with E-state index in [1.165, 1.54) is 0 Å². The van der Waals surface area contributed by atoms with E-state index in [2.05, 4.69) is 5.32 Å². The summed E-state index contributed by atoms with van der Waals surface area (Å²) in [6, 6.07) is 16.4. The second-order valence-corrected chi connectivity index (χ2v) is 6.76. The van der Waals surface area contributed by atoms with Gasteiger partial charge in [0.05, 0.1) is 6.42 Å². The third-order valence-electron chi connectivity index (χ3n) is 4.14. The molecule has 9 heteroatoms. The van der Waals surface area contributed by atoms with Crippen LogP contribution in [0.4, 0.5) is 0 Å². The monoisotopic (exact) mass is 429 g/mol. The average molecular weight is 429 g/mol. The van der Waals surface area contributed by atoms with E-state index in [0.29, 0.717) is 6.42 Å². The molecule has 0 heterocycles. The van der Waals surface area contributed by atoms with E-state index >= 15 is 0 Å². The number of primary amides is 1. The van der Waals surface area contributed by atoms with Crippen molar-refractivity contribution in [3.8, 4) is 0 Å². The number of aliphatic carboxylic acids is 2. The van der Waals surface area contributed by atoms with E-state index in [1.54, 1.807) is 24.3 Å². The second-order valence-electron chi connectivity index (χ2n) is 6.76. The number of carboxylic acid groups (broad SMARTS) is 2. The predicted molar refractivity (Wildman–Crippen MR) is 114 cm³/mol. The van der Waals surface area contributed by atoms with Gasteiger partial charge in [-0.3, -0.25) is 14.4 Å². The van der Waals surface area contributed by atoms with E-state index in [0.717, 1.165) is 11.1 Å². The van der Waals surface area contributed by atoms with Crippen LogP contribution in [0.5, 0.6) is 0 Å². The zero-order chi connectivity index (χ0) is 23.2. The minimum absolute atomic E-state index is 0.00873. The summed E-state index contributed by atoms with van der Waals surface area (Å²) in [5, 5.41) is 19.8. The first-order valence-electron chi connectivity index (χ1n) is 9.55. The van der Waals surface area contributed by atoms with Crippen molar-refractivity contribution in [3.63, 3.8) is 0 Å². The Hall–Kier alpha value is -3.72. The molecule has 0 aliphatic rings. The van der Waals surface area contributed by atoms with Gasteiger partial charge in [-0.05, 0) is 24.0 Å². The molecule has 0 saturated heterocycles. The topological polar surface area (TPSA) is 173 Å². The van der Waals surface area contributed by atoms with Crippen molar-refractivity contribution in [3.05, 3.63) is 71.8 Å². The van der Waals surface area contributed by atoms with Gasteiger partial charge >= 0.3 is 11.9 Å². The highest BCUT2D eigenvalue weighted by atomic mass is 16.4. The molecule has 2 rings (SSSR count). The van der Waals surface area contributed by atoms with Crippen molar-refractivity contribution in [2.75, 3.05) is 0 Å². The van der Waals surface area contributed by atoms with Crippen LogP contribution in [0.25, 0.3) is 0 Å². The van der Waals surface area contributed by atoms with Crippen LogP contribution >= 0.6 is 0 Å². The van der Waals surface area contributed by atoms with Gasteiger partial charge in [-0.15, -0.1) is 0 Å². The Morgan fingerprint density at radius 1 is 0.839 bits per heavy atom. The highest BCUT2D eigenvalue weighted by molar-refractivity contribution is 5.85. The minimum atomic E-state index is -1.18. The van der Waals surface area contributed by atoms with Crippen LogP contribution in [0.1, 0.15) is 24.0 Å². The molecule has 2 amide bonds. The van der Waals surface area contributed by atoms with Crippen LogP contribution < -0.4 is 16.8 Å². The molecule has 9 nitrogen and oxygen atoms in total. The van der Waals surface area contributed by atoms with Crippen LogP contribution in [0.15, 0.2) is 60.7 Å². The summed E-state index contributed by atoms with van der Waals surface area (Å²) in [5.74, 6) is -3.13. The van der Waals surface area contributed by atoms with Gasteiger partial charge in [0.25, 0.3) is 0 Å². The minimum Gasteiger partial charge on any atom is -0.480 e. The Labute approximate surface area is 180 Å². The lowest BCUT2D eigenvalue weighted by molar-refractivity contribution is -0.142. The first-order valence-corrected chi connectivity index (χ1v) is 9.55. The molecular weight excluding hydrogens is 402 g/mol. The number of benzene rings is 2. The van der Waals surface area contributed by atoms with Crippen LogP contribution in [-0.4, -0.2) is 46.0 Å². The highest BCUT2D eigenvalue weighted by Crippen LogP contribution is 2.03. The lowest BCUT2D eigenvalue weighted by Crippen LogP contribution is -2.42. The molecule has 2 aromatic carbocycles. The fourth-order valence-electron chi connectivity index (χ4n) is 2.53. The first kappa shape index (κ1) is 25.3. The maximum atomic E-state index is 11.7. The van der Waals surface area contributed by atoms with Gasteiger partial charge in [0.1, 0.15) is 12.1 Å². The second kappa shape index (κ2) is 13.5. The van der Waals surface area contributed by atoms with E-state index in [4.69, 9.17) is 21.7 Å². The first-order chi connectivity index (χ1) is 14.7. The van der Waals surface area contributed by atoms with E-state index < -0.39 is 35.8 Å². The Kier molecular flexibility index (Phi) is 11.0. The fraction of sp³-hybridized carbons (Fsp3) is 0.273. The summed E-state index contributed by atoms with van der Waals surface area (Å²) < 4.78 is 0. The molecule has 166 valence electrons. The van der Waals surface area contributed by atoms with Crippen molar-refractivity contribution in [2.45, 2.75) is 37.8 Å². The maximum absolute atomic E-state index is 11.7. The van der Waals surface area contributed by atoms with E-state index in [9.17, 15) is 19.2 Å². The van der Waals surface area contributed by atoms with Crippen molar-refractivity contribution in [1.82, 2.24) is 5.32 Å². The molecular formula is C22H27N3O6. The third kappa shape index (κ3) is 11.1. The number of nitrogens with one attached hydrogen (secondary N) is 1. The molecule has 2 atom stereocenters. The smallest absolute Gasteiger partial charge is 0.326 e. The Morgan fingerprint density at radius 2 is 1.35 bits per heavy atom. The SMILES string of the molecule is NC(=O)CC[C@H](NC(=O)Cc1ccccc1)C(=O)O.N[C@@H](Cc1ccccc1)C(=O)O. The fourth-order valence-corrected chi connectivity index (χ4v) is 2.53. The lowest BCUT2D eigenvalue weighted by atomic mass is 10.1. The zero-order valence-corrected chi connectivity index (χ0v) is 16.9. The number of carbonyl (C=O) groups excluding carboxylic acids is 2. The van der Waals surface area contributed by atoms with Gasteiger partial charge in [-0.1, -0.05) is 60.7 Å². The number of carbonyl (C=O) groups is 4. The summed E-state index contributed by atoms with van der Waals surface area (Å²) in [4.78, 5) is 43.6. The molecule has 0 fully saturated rings. The summed E-state index contributed by atoms with van der Waals surface area (Å²) in [6.45, 7) is 0. The largest absolute Gasteiger partial charge is 0.480 e. The predicted octanol–water partition coefficient (Wildman–Crippen LogP) is 0.705. The van der Waals surface area contributed by atoms with Gasteiger partial charge in [-0.25, -0.2) is 4.79 Å². The van der Waals surface area contributed by atoms with Crippen LogP contribution in [0.3, 0.4) is 0 Å².